The number of hydrogen-bond donors (Lipinski definition) is 3. The highest BCUT2D eigenvalue weighted by Crippen LogP contribution is 2.43. The molecule has 3 atom stereocenters. The van der Waals surface area contributed by atoms with Crippen LogP contribution in [-0.2, 0) is 10.3 Å². The van der Waals surface area contributed by atoms with Crippen LogP contribution in [0.25, 0.3) is 10.1 Å². The molecule has 3 rings (SSSR count). The van der Waals surface area contributed by atoms with Gasteiger partial charge in [0.25, 0.3) is 0 Å². The highest BCUT2D eigenvalue weighted by atomic mass is 32.1. The number of nitrogens with zero attached hydrogens (tertiary/aromatic N) is 1. The van der Waals surface area contributed by atoms with Gasteiger partial charge < -0.3 is 25.4 Å². The highest BCUT2D eigenvalue weighted by Gasteiger charge is 2.42. The molecular formula is C28H45N3O3S. The van der Waals surface area contributed by atoms with Gasteiger partial charge in [-0.2, -0.15) is 0 Å². The Morgan fingerprint density at radius 3 is 2.80 bits per heavy atom. The van der Waals surface area contributed by atoms with Crippen LogP contribution in [0.3, 0.4) is 0 Å². The Morgan fingerprint density at radius 2 is 2.09 bits per heavy atom. The molecule has 1 aromatic carbocycles. The predicted molar refractivity (Wildman–Crippen MR) is 146 cm³/mol. The number of unbranched alkanes of at least 4 members (excludes halogenated alkanes) is 1. The van der Waals surface area contributed by atoms with Gasteiger partial charge in [0.2, 0.25) is 0 Å². The number of carbonyl (C=O) groups excluding carboxylic acids is 1. The molecule has 2 aromatic rings. The molecule has 1 aliphatic rings. The van der Waals surface area contributed by atoms with Crippen LogP contribution >= 0.6 is 11.3 Å². The van der Waals surface area contributed by atoms with Crippen LogP contribution in [-0.4, -0.2) is 62.5 Å². The van der Waals surface area contributed by atoms with Crippen molar-refractivity contribution < 1.29 is 14.6 Å². The number of thiophene rings is 1. The molecule has 0 spiro atoms. The zero-order valence-electron chi connectivity index (χ0n) is 22.2. The lowest BCUT2D eigenvalue weighted by Crippen LogP contribution is -2.54. The van der Waals surface area contributed by atoms with Crippen molar-refractivity contribution in [1.82, 2.24) is 15.5 Å². The van der Waals surface area contributed by atoms with Gasteiger partial charge in [-0.1, -0.05) is 32.9 Å². The Kier molecular flexibility index (Phi) is 9.99. The number of benzene rings is 1. The van der Waals surface area contributed by atoms with Gasteiger partial charge in [-0.05, 0) is 79.5 Å². The van der Waals surface area contributed by atoms with Gasteiger partial charge in [-0.25, -0.2) is 4.79 Å². The average Bonchev–Trinajstić information content (AvgIpc) is 3.30. The number of ether oxygens (including phenoxy) is 1. The van der Waals surface area contributed by atoms with Crippen molar-refractivity contribution >= 4 is 27.5 Å². The van der Waals surface area contributed by atoms with E-state index in [-0.39, 0.29) is 23.4 Å². The molecule has 6 nitrogen and oxygen atoms in total. The minimum absolute atomic E-state index is 0.0135. The van der Waals surface area contributed by atoms with Crippen molar-refractivity contribution in [2.24, 2.45) is 11.3 Å². The molecule has 1 unspecified atom stereocenters. The van der Waals surface area contributed by atoms with E-state index in [9.17, 15) is 9.90 Å². The maximum atomic E-state index is 13.3. The number of likely N-dealkylation sites (N-methyl/N-ethyl adjacent to an activating group) is 1. The van der Waals surface area contributed by atoms with E-state index in [2.05, 4.69) is 61.1 Å². The maximum absolute atomic E-state index is 13.3. The fourth-order valence-electron chi connectivity index (χ4n) is 5.55. The fraction of sp³-hybridized carbons (Fsp3) is 0.679. The quantitative estimate of drug-likeness (QED) is 0.361. The Balaban J connectivity index is 1.80. The van der Waals surface area contributed by atoms with Crippen molar-refractivity contribution in [2.45, 2.75) is 70.9 Å². The van der Waals surface area contributed by atoms with Gasteiger partial charge in [-0.3, -0.25) is 0 Å². The predicted octanol–water partition coefficient (Wildman–Crippen LogP) is 5.35. The number of carbonyl (C=O) groups is 1. The van der Waals surface area contributed by atoms with E-state index in [0.29, 0.717) is 19.6 Å². The van der Waals surface area contributed by atoms with E-state index in [1.165, 1.54) is 4.70 Å². The number of hydrogen-bond acceptors (Lipinski definition) is 5. The number of piperidine rings is 1. The lowest BCUT2D eigenvalue weighted by atomic mass is 9.73. The van der Waals surface area contributed by atoms with Gasteiger partial charge in [0, 0.05) is 50.0 Å². The molecule has 1 saturated heterocycles. The van der Waals surface area contributed by atoms with Crippen LogP contribution in [0.15, 0.2) is 29.6 Å². The summed E-state index contributed by atoms with van der Waals surface area (Å²) in [7, 11) is 3.64. The largest absolute Gasteiger partial charge is 0.385 e. The SMILES string of the molecule is CNCC(CC(C)(C)C)NC(=O)N1CCC[C@@H]([C@@](O)(CCCCOC)c2cccc3sccc23)C1. The number of amides is 2. The molecule has 0 aliphatic carbocycles. The van der Waals surface area contributed by atoms with Crippen LogP contribution in [0.5, 0.6) is 0 Å². The molecule has 35 heavy (non-hydrogen) atoms. The third-order valence-electron chi connectivity index (χ3n) is 7.14. The molecular weight excluding hydrogens is 458 g/mol. The number of aliphatic hydroxyl groups is 1. The third-order valence-corrected chi connectivity index (χ3v) is 8.02. The van der Waals surface area contributed by atoms with Crippen LogP contribution < -0.4 is 10.6 Å². The summed E-state index contributed by atoms with van der Waals surface area (Å²) >= 11 is 1.71. The number of methoxy groups -OCH3 is 1. The molecule has 1 aromatic heterocycles. The Labute approximate surface area is 215 Å². The standard InChI is InChI=1S/C28H45N3O3S/c1-27(2,3)18-22(19-29-4)30-26(32)31-15-9-10-21(20-31)28(33,14-6-7-16-34-5)24-11-8-12-25-23(24)13-17-35-25/h8,11-13,17,21-22,29,33H,6-7,9-10,14-16,18-20H2,1-5H3,(H,30,32)/t21-,22?,28+/m1/s1. The third kappa shape index (κ3) is 7.42. The lowest BCUT2D eigenvalue weighted by Gasteiger charge is -2.43. The first-order valence-corrected chi connectivity index (χ1v) is 13.9. The first kappa shape index (κ1) is 27.9. The summed E-state index contributed by atoms with van der Waals surface area (Å²) in [6, 6.07) is 8.42. The van der Waals surface area contributed by atoms with E-state index < -0.39 is 5.60 Å². The number of likely N-dealkylation sites (tertiary alicyclic amines) is 1. The van der Waals surface area contributed by atoms with Gasteiger partial charge >= 0.3 is 6.03 Å². The van der Waals surface area contributed by atoms with Crippen molar-refractivity contribution in [3.05, 3.63) is 35.2 Å². The summed E-state index contributed by atoms with van der Waals surface area (Å²) in [5.74, 6) is -0.0135. The molecule has 1 fully saturated rings. The van der Waals surface area contributed by atoms with E-state index in [0.717, 1.165) is 56.1 Å². The van der Waals surface area contributed by atoms with Crippen LogP contribution in [0.2, 0.25) is 0 Å². The first-order chi connectivity index (χ1) is 16.7. The molecule has 196 valence electrons. The Morgan fingerprint density at radius 1 is 1.29 bits per heavy atom. The lowest BCUT2D eigenvalue weighted by molar-refractivity contribution is -0.0552. The minimum atomic E-state index is -0.983. The summed E-state index contributed by atoms with van der Waals surface area (Å²) in [6.07, 6.45) is 5.16. The second kappa shape index (κ2) is 12.5. The number of fused-ring (bicyclic) bond motifs is 1. The van der Waals surface area contributed by atoms with Gasteiger partial charge in [0.05, 0.1) is 5.60 Å². The van der Waals surface area contributed by atoms with Gasteiger partial charge in [0.15, 0.2) is 0 Å². The fourth-order valence-corrected chi connectivity index (χ4v) is 6.36. The second-order valence-electron chi connectivity index (χ2n) is 11.3. The summed E-state index contributed by atoms with van der Waals surface area (Å²) in [4.78, 5) is 15.3. The van der Waals surface area contributed by atoms with Gasteiger partial charge in [0.1, 0.15) is 0 Å². The molecule has 0 bridgehead atoms. The van der Waals surface area contributed by atoms with E-state index in [4.69, 9.17) is 4.74 Å². The van der Waals surface area contributed by atoms with Crippen LogP contribution in [0, 0.1) is 11.3 Å². The first-order valence-electron chi connectivity index (χ1n) is 13.1. The summed E-state index contributed by atoms with van der Waals surface area (Å²) in [5, 5.41) is 22.1. The van der Waals surface area contributed by atoms with Crippen LogP contribution in [0.1, 0.15) is 64.9 Å². The Bertz CT molecular complexity index is 941. The number of urea groups is 1. The van der Waals surface area contributed by atoms with Gasteiger partial charge in [-0.15, -0.1) is 11.3 Å². The topological polar surface area (TPSA) is 73.8 Å². The molecule has 2 heterocycles. The normalized spacial score (nSPS) is 19.5. The smallest absolute Gasteiger partial charge is 0.317 e. The summed E-state index contributed by atoms with van der Waals surface area (Å²) < 4.78 is 6.45. The van der Waals surface area contributed by atoms with E-state index >= 15 is 0 Å². The van der Waals surface area contributed by atoms with Crippen molar-refractivity contribution in [2.75, 3.05) is 40.4 Å². The van der Waals surface area contributed by atoms with Crippen LogP contribution in [0.4, 0.5) is 4.79 Å². The zero-order valence-corrected chi connectivity index (χ0v) is 23.0. The maximum Gasteiger partial charge on any atom is 0.317 e. The number of nitrogens with one attached hydrogen (secondary N) is 2. The molecule has 3 N–H and O–H groups in total. The summed E-state index contributed by atoms with van der Waals surface area (Å²) in [6.45, 7) is 9.33. The summed E-state index contributed by atoms with van der Waals surface area (Å²) in [5.41, 5.74) is 0.144. The molecule has 1 aliphatic heterocycles. The van der Waals surface area contributed by atoms with E-state index in [1.807, 2.05) is 11.9 Å². The van der Waals surface area contributed by atoms with Crippen molar-refractivity contribution in [3.8, 4) is 0 Å². The van der Waals surface area contributed by atoms with E-state index in [1.54, 1.807) is 18.4 Å². The molecule has 7 heteroatoms. The van der Waals surface area contributed by atoms with Crippen molar-refractivity contribution in [3.63, 3.8) is 0 Å². The monoisotopic (exact) mass is 503 g/mol. The minimum Gasteiger partial charge on any atom is -0.385 e. The molecule has 2 amide bonds. The number of rotatable bonds is 11. The van der Waals surface area contributed by atoms with Crippen molar-refractivity contribution in [1.29, 1.82) is 0 Å². The average molecular weight is 504 g/mol. The zero-order chi connectivity index (χ0) is 25.5. The highest BCUT2D eigenvalue weighted by molar-refractivity contribution is 7.17. The molecule has 0 radical (unpaired) electrons. The Hall–Kier alpha value is -1.67. The molecule has 0 saturated carbocycles. The second-order valence-corrected chi connectivity index (χ2v) is 12.2.